The molecule has 2 rings (SSSR count). The average Bonchev–Trinajstić information content (AvgIpc) is 2.37. The normalized spacial score (nSPS) is 10.2. The van der Waals surface area contributed by atoms with Gasteiger partial charge in [0.05, 0.1) is 12.0 Å². The molecule has 0 saturated heterocycles. The molecular formula is C11H9FN4O3. The summed E-state index contributed by atoms with van der Waals surface area (Å²) in [7, 11) is 1.39. The molecule has 0 saturated carbocycles. The summed E-state index contributed by atoms with van der Waals surface area (Å²) in [6.07, 6.45) is 1.04. The van der Waals surface area contributed by atoms with Crippen molar-refractivity contribution in [3.05, 3.63) is 40.5 Å². The zero-order chi connectivity index (χ0) is 14.0. The minimum absolute atomic E-state index is 0.0402. The summed E-state index contributed by atoms with van der Waals surface area (Å²) in [4.78, 5) is 17.5. The molecule has 0 radical (unpaired) electrons. The summed E-state index contributed by atoms with van der Waals surface area (Å²) >= 11 is 0. The van der Waals surface area contributed by atoms with Crippen molar-refractivity contribution in [3.63, 3.8) is 0 Å². The van der Waals surface area contributed by atoms with Crippen molar-refractivity contribution >= 4 is 11.5 Å². The van der Waals surface area contributed by atoms with Crippen molar-refractivity contribution in [1.82, 2.24) is 9.97 Å². The number of hydrogen-bond donors (Lipinski definition) is 1. The second-order valence-electron chi connectivity index (χ2n) is 3.56. The lowest BCUT2D eigenvalue weighted by Gasteiger charge is -2.06. The van der Waals surface area contributed by atoms with E-state index < -0.39 is 16.4 Å². The predicted molar refractivity (Wildman–Crippen MR) is 65.0 cm³/mol. The van der Waals surface area contributed by atoms with Crippen molar-refractivity contribution in [1.29, 1.82) is 0 Å². The zero-order valence-corrected chi connectivity index (χ0v) is 9.83. The molecule has 8 heteroatoms. The van der Waals surface area contributed by atoms with Gasteiger partial charge in [0.2, 0.25) is 5.82 Å². The van der Waals surface area contributed by atoms with Gasteiger partial charge in [0.25, 0.3) is 0 Å². The van der Waals surface area contributed by atoms with Crippen LogP contribution in [0.15, 0.2) is 24.5 Å². The summed E-state index contributed by atoms with van der Waals surface area (Å²) in [5, 5.41) is 10.9. The first-order chi connectivity index (χ1) is 9.04. The van der Waals surface area contributed by atoms with Crippen molar-refractivity contribution in [3.8, 4) is 17.0 Å². The van der Waals surface area contributed by atoms with E-state index in [0.29, 0.717) is 5.75 Å². The van der Waals surface area contributed by atoms with E-state index in [9.17, 15) is 14.5 Å². The molecule has 0 fully saturated rings. The van der Waals surface area contributed by atoms with Crippen LogP contribution in [0.2, 0.25) is 0 Å². The molecule has 2 N–H and O–H groups in total. The molecule has 0 spiro atoms. The SMILES string of the molecule is COc1ccc(-c2ncnc(N)c2[N+](=O)[O-])c(F)c1. The number of nitrogen functional groups attached to an aromatic ring is 1. The fourth-order valence-corrected chi connectivity index (χ4v) is 1.58. The van der Waals surface area contributed by atoms with Crippen LogP contribution in [0, 0.1) is 15.9 Å². The molecule has 0 amide bonds. The Morgan fingerprint density at radius 3 is 2.74 bits per heavy atom. The lowest BCUT2D eigenvalue weighted by atomic mass is 10.1. The van der Waals surface area contributed by atoms with Crippen LogP contribution in [0.4, 0.5) is 15.9 Å². The van der Waals surface area contributed by atoms with E-state index in [4.69, 9.17) is 10.5 Å². The quantitative estimate of drug-likeness (QED) is 0.669. The van der Waals surface area contributed by atoms with Gasteiger partial charge in [0, 0.05) is 11.6 Å². The minimum atomic E-state index is -0.742. The second-order valence-corrected chi connectivity index (χ2v) is 3.56. The van der Waals surface area contributed by atoms with E-state index in [1.54, 1.807) is 0 Å². The Morgan fingerprint density at radius 1 is 1.42 bits per heavy atom. The number of nitro groups is 1. The Balaban J connectivity index is 2.65. The van der Waals surface area contributed by atoms with Crippen LogP contribution in [-0.4, -0.2) is 22.0 Å². The monoisotopic (exact) mass is 264 g/mol. The Labute approximate surface area is 107 Å². The van der Waals surface area contributed by atoms with Gasteiger partial charge in [-0.05, 0) is 12.1 Å². The van der Waals surface area contributed by atoms with Crippen LogP contribution in [0.5, 0.6) is 5.75 Å². The molecule has 0 bridgehead atoms. The topological polar surface area (TPSA) is 104 Å². The van der Waals surface area contributed by atoms with Crippen molar-refractivity contribution in [2.45, 2.75) is 0 Å². The van der Waals surface area contributed by atoms with E-state index in [2.05, 4.69) is 9.97 Å². The van der Waals surface area contributed by atoms with Gasteiger partial charge in [-0.25, -0.2) is 14.4 Å². The fourth-order valence-electron chi connectivity index (χ4n) is 1.58. The number of hydrogen-bond acceptors (Lipinski definition) is 6. The summed E-state index contributed by atoms with van der Waals surface area (Å²) in [5.41, 5.74) is 4.70. The van der Waals surface area contributed by atoms with Crippen LogP contribution < -0.4 is 10.5 Å². The summed E-state index contributed by atoms with van der Waals surface area (Å²) < 4.78 is 18.8. The number of halogens is 1. The first-order valence-electron chi connectivity index (χ1n) is 5.13. The largest absolute Gasteiger partial charge is 0.497 e. The summed E-state index contributed by atoms with van der Waals surface area (Å²) in [5.74, 6) is -0.711. The van der Waals surface area contributed by atoms with Gasteiger partial charge in [-0.2, -0.15) is 0 Å². The van der Waals surface area contributed by atoms with Gasteiger partial charge in [-0.3, -0.25) is 10.1 Å². The lowest BCUT2D eigenvalue weighted by Crippen LogP contribution is -2.03. The second kappa shape index (κ2) is 4.84. The molecule has 7 nitrogen and oxygen atoms in total. The Kier molecular flexibility index (Phi) is 3.23. The first-order valence-corrected chi connectivity index (χ1v) is 5.13. The van der Waals surface area contributed by atoms with Gasteiger partial charge in [-0.15, -0.1) is 0 Å². The number of methoxy groups -OCH3 is 1. The van der Waals surface area contributed by atoms with E-state index in [1.807, 2.05) is 0 Å². The maximum absolute atomic E-state index is 13.9. The molecule has 0 aliphatic heterocycles. The number of nitrogens with zero attached hydrogens (tertiary/aromatic N) is 3. The lowest BCUT2D eigenvalue weighted by molar-refractivity contribution is -0.383. The predicted octanol–water partition coefficient (Wildman–Crippen LogP) is 1.78. The van der Waals surface area contributed by atoms with Crippen molar-refractivity contribution < 1.29 is 14.1 Å². The van der Waals surface area contributed by atoms with Gasteiger partial charge in [0.1, 0.15) is 17.9 Å². The van der Waals surface area contributed by atoms with E-state index in [0.717, 1.165) is 12.4 Å². The number of anilines is 1. The molecule has 1 heterocycles. The third kappa shape index (κ3) is 2.28. The average molecular weight is 264 g/mol. The minimum Gasteiger partial charge on any atom is -0.497 e. The van der Waals surface area contributed by atoms with E-state index in [1.165, 1.54) is 19.2 Å². The van der Waals surface area contributed by atoms with E-state index in [-0.39, 0.29) is 17.1 Å². The van der Waals surface area contributed by atoms with E-state index >= 15 is 0 Å². The van der Waals surface area contributed by atoms with Gasteiger partial charge < -0.3 is 10.5 Å². The number of ether oxygens (including phenoxy) is 1. The third-order valence-electron chi connectivity index (χ3n) is 2.46. The standard InChI is InChI=1S/C11H9FN4O3/c1-19-6-2-3-7(8(12)4-6)9-10(16(17)18)11(13)15-5-14-9/h2-5H,1H3,(H2,13,14,15). The highest BCUT2D eigenvalue weighted by atomic mass is 19.1. The van der Waals surface area contributed by atoms with Gasteiger partial charge >= 0.3 is 5.69 Å². The molecule has 1 aromatic carbocycles. The van der Waals surface area contributed by atoms with Crippen LogP contribution in [0.1, 0.15) is 0 Å². The van der Waals surface area contributed by atoms with Crippen LogP contribution >= 0.6 is 0 Å². The third-order valence-corrected chi connectivity index (χ3v) is 2.46. The molecular weight excluding hydrogens is 255 g/mol. The highest BCUT2D eigenvalue weighted by molar-refractivity contribution is 5.76. The Hall–Kier alpha value is -2.77. The Bertz CT molecular complexity index is 648. The maximum Gasteiger partial charge on any atom is 0.337 e. The van der Waals surface area contributed by atoms with Crippen LogP contribution in [-0.2, 0) is 0 Å². The number of rotatable bonds is 3. The van der Waals surface area contributed by atoms with Gasteiger partial charge in [0.15, 0.2) is 5.69 Å². The maximum atomic E-state index is 13.9. The van der Waals surface area contributed by atoms with Crippen LogP contribution in [0.25, 0.3) is 11.3 Å². The Morgan fingerprint density at radius 2 is 2.16 bits per heavy atom. The number of aromatic nitrogens is 2. The number of nitrogens with two attached hydrogens (primary N) is 1. The molecule has 2 aromatic rings. The van der Waals surface area contributed by atoms with Gasteiger partial charge in [-0.1, -0.05) is 0 Å². The summed E-state index contributed by atoms with van der Waals surface area (Å²) in [6, 6.07) is 3.92. The van der Waals surface area contributed by atoms with Crippen molar-refractivity contribution in [2.75, 3.05) is 12.8 Å². The highest BCUT2D eigenvalue weighted by Crippen LogP contribution is 2.33. The highest BCUT2D eigenvalue weighted by Gasteiger charge is 2.24. The zero-order valence-electron chi connectivity index (χ0n) is 9.83. The number of benzene rings is 1. The molecule has 0 aliphatic carbocycles. The summed E-state index contributed by atoms with van der Waals surface area (Å²) in [6.45, 7) is 0. The molecule has 0 unspecified atom stereocenters. The smallest absolute Gasteiger partial charge is 0.337 e. The molecule has 1 aromatic heterocycles. The first kappa shape index (κ1) is 12.7. The fraction of sp³-hybridized carbons (Fsp3) is 0.0909. The molecule has 0 atom stereocenters. The molecule has 98 valence electrons. The van der Waals surface area contributed by atoms with Crippen LogP contribution in [0.3, 0.4) is 0 Å². The van der Waals surface area contributed by atoms with Crippen molar-refractivity contribution in [2.24, 2.45) is 0 Å². The molecule has 19 heavy (non-hydrogen) atoms. The molecule has 0 aliphatic rings.